The molecule has 2 aliphatic heterocycles. The van der Waals surface area contributed by atoms with Crippen molar-refractivity contribution >= 4 is 22.4 Å². The molecule has 0 aromatic carbocycles. The van der Waals surface area contributed by atoms with Gasteiger partial charge in [0, 0.05) is 19.6 Å². The van der Waals surface area contributed by atoms with Crippen LogP contribution in [-0.4, -0.2) is 83.9 Å². The second kappa shape index (κ2) is 7.99. The molecule has 2 N–H and O–H groups in total. The van der Waals surface area contributed by atoms with Crippen LogP contribution in [0.15, 0.2) is 0 Å². The summed E-state index contributed by atoms with van der Waals surface area (Å²) in [6.45, 7) is 8.73. The highest BCUT2D eigenvalue weighted by Gasteiger charge is 2.37. The number of amides is 1. The number of aliphatic hydroxyl groups is 1. The minimum absolute atomic E-state index is 0.0653. The average molecular weight is 369 g/mol. The van der Waals surface area contributed by atoms with E-state index in [0.717, 1.165) is 30.5 Å². The van der Waals surface area contributed by atoms with E-state index < -0.39 is 5.60 Å². The molecule has 0 bridgehead atoms. The summed E-state index contributed by atoms with van der Waals surface area (Å²) in [5, 5.41) is 15.0. The van der Waals surface area contributed by atoms with Crippen molar-refractivity contribution in [2.75, 3.05) is 57.8 Å². The van der Waals surface area contributed by atoms with Gasteiger partial charge in [0.05, 0.1) is 25.5 Å². The summed E-state index contributed by atoms with van der Waals surface area (Å²) in [5.74, 6) is -0.0653. The van der Waals surface area contributed by atoms with Crippen molar-refractivity contribution in [1.82, 2.24) is 14.8 Å². The van der Waals surface area contributed by atoms with E-state index in [1.165, 1.54) is 24.2 Å². The Bertz CT molecular complexity index is 603. The maximum atomic E-state index is 13.0. The number of β-amino-alcohol motifs (C(OH)–C–C–N with tert-alkyl or cyclic N) is 1. The molecule has 1 aromatic heterocycles. The smallest absolute Gasteiger partial charge is 0.266 e. The normalized spacial score (nSPS) is 25.2. The first-order valence-corrected chi connectivity index (χ1v) is 9.85. The van der Waals surface area contributed by atoms with E-state index in [0.29, 0.717) is 31.1 Å². The third-order valence-electron chi connectivity index (χ3n) is 4.68. The number of aromatic nitrogens is 1. The molecule has 0 saturated carbocycles. The SMILES string of the molecule is CCNc1nc(C)c(C(=O)N2CCOC[C@](O)(CN3CCCC3)C2)s1. The number of ether oxygens (including phenoxy) is 1. The quantitative estimate of drug-likeness (QED) is 0.813. The number of hydrogen-bond donors (Lipinski definition) is 2. The van der Waals surface area contributed by atoms with Crippen LogP contribution in [0.25, 0.3) is 0 Å². The highest BCUT2D eigenvalue weighted by molar-refractivity contribution is 7.17. The average Bonchev–Trinajstić information content (AvgIpc) is 3.14. The predicted molar refractivity (Wildman–Crippen MR) is 98.4 cm³/mol. The van der Waals surface area contributed by atoms with Gasteiger partial charge in [-0.05, 0) is 39.8 Å². The number of thiazole rings is 1. The van der Waals surface area contributed by atoms with Crippen molar-refractivity contribution in [2.24, 2.45) is 0 Å². The highest BCUT2D eigenvalue weighted by atomic mass is 32.1. The van der Waals surface area contributed by atoms with Gasteiger partial charge in [0.2, 0.25) is 0 Å². The van der Waals surface area contributed by atoms with Gasteiger partial charge in [-0.2, -0.15) is 0 Å². The number of carbonyl (C=O) groups excluding carboxylic acids is 1. The van der Waals surface area contributed by atoms with Gasteiger partial charge in [0.15, 0.2) is 5.13 Å². The molecule has 0 radical (unpaired) electrons. The molecule has 2 saturated heterocycles. The molecule has 0 spiro atoms. The van der Waals surface area contributed by atoms with Crippen molar-refractivity contribution in [1.29, 1.82) is 0 Å². The third-order valence-corrected chi connectivity index (χ3v) is 5.79. The van der Waals surface area contributed by atoms with Gasteiger partial charge in [-0.25, -0.2) is 4.98 Å². The Labute approximate surface area is 153 Å². The Hall–Kier alpha value is -1.22. The van der Waals surface area contributed by atoms with Crippen molar-refractivity contribution < 1.29 is 14.6 Å². The Morgan fingerprint density at radius 3 is 2.88 bits per heavy atom. The first-order valence-electron chi connectivity index (χ1n) is 9.04. The zero-order valence-electron chi connectivity index (χ0n) is 15.1. The Morgan fingerprint density at radius 1 is 1.40 bits per heavy atom. The van der Waals surface area contributed by atoms with Gasteiger partial charge in [-0.3, -0.25) is 4.79 Å². The van der Waals surface area contributed by atoms with Crippen molar-refractivity contribution in [3.8, 4) is 0 Å². The van der Waals surface area contributed by atoms with Crippen LogP contribution in [0.4, 0.5) is 5.13 Å². The van der Waals surface area contributed by atoms with Gasteiger partial charge < -0.3 is 25.0 Å². The molecule has 140 valence electrons. The fourth-order valence-electron chi connectivity index (χ4n) is 3.51. The molecule has 2 aliphatic rings. The Balaban J connectivity index is 1.72. The van der Waals surface area contributed by atoms with E-state index >= 15 is 0 Å². The summed E-state index contributed by atoms with van der Waals surface area (Å²) < 4.78 is 5.62. The topological polar surface area (TPSA) is 77.9 Å². The van der Waals surface area contributed by atoms with Crippen LogP contribution < -0.4 is 5.32 Å². The van der Waals surface area contributed by atoms with Gasteiger partial charge in [-0.15, -0.1) is 0 Å². The molecule has 8 heteroatoms. The highest BCUT2D eigenvalue weighted by Crippen LogP contribution is 2.26. The van der Waals surface area contributed by atoms with Crippen LogP contribution in [0.2, 0.25) is 0 Å². The summed E-state index contributed by atoms with van der Waals surface area (Å²) in [4.78, 5) is 22.0. The number of aryl methyl sites for hydroxylation is 1. The lowest BCUT2D eigenvalue weighted by Crippen LogP contribution is -2.53. The van der Waals surface area contributed by atoms with E-state index in [2.05, 4.69) is 15.2 Å². The lowest BCUT2D eigenvalue weighted by atomic mass is 10.0. The van der Waals surface area contributed by atoms with Crippen LogP contribution in [0.5, 0.6) is 0 Å². The van der Waals surface area contributed by atoms with Crippen LogP contribution in [0.1, 0.15) is 35.1 Å². The van der Waals surface area contributed by atoms with E-state index in [-0.39, 0.29) is 12.5 Å². The molecule has 0 unspecified atom stereocenters. The Kier molecular flexibility index (Phi) is 5.93. The zero-order valence-corrected chi connectivity index (χ0v) is 15.9. The summed E-state index contributed by atoms with van der Waals surface area (Å²) >= 11 is 1.38. The van der Waals surface area contributed by atoms with Crippen LogP contribution in [0.3, 0.4) is 0 Å². The van der Waals surface area contributed by atoms with E-state index in [9.17, 15) is 9.90 Å². The summed E-state index contributed by atoms with van der Waals surface area (Å²) in [7, 11) is 0. The molecular formula is C17H28N4O3S. The molecule has 1 atom stereocenters. The zero-order chi connectivity index (χ0) is 17.9. The minimum Gasteiger partial charge on any atom is -0.384 e. The van der Waals surface area contributed by atoms with Gasteiger partial charge in [0.25, 0.3) is 5.91 Å². The monoisotopic (exact) mass is 368 g/mol. The number of anilines is 1. The number of carbonyl (C=O) groups is 1. The third kappa shape index (κ3) is 4.49. The largest absolute Gasteiger partial charge is 0.384 e. The second-order valence-corrected chi connectivity index (χ2v) is 7.95. The fraction of sp³-hybridized carbons (Fsp3) is 0.765. The summed E-state index contributed by atoms with van der Waals surface area (Å²) in [6.07, 6.45) is 2.35. The summed E-state index contributed by atoms with van der Waals surface area (Å²) in [5.41, 5.74) is -0.279. The maximum absolute atomic E-state index is 13.0. The fourth-order valence-corrected chi connectivity index (χ4v) is 4.51. The maximum Gasteiger partial charge on any atom is 0.266 e. The molecule has 3 heterocycles. The molecular weight excluding hydrogens is 340 g/mol. The number of likely N-dealkylation sites (tertiary alicyclic amines) is 1. The van der Waals surface area contributed by atoms with Crippen molar-refractivity contribution in [2.45, 2.75) is 32.3 Å². The standard InChI is InChI=1S/C17H28N4O3S/c1-3-18-16-19-13(2)14(25-16)15(22)21-8-9-24-12-17(23,11-21)10-20-6-4-5-7-20/h23H,3-12H2,1-2H3,(H,18,19)/t17-/m0/s1. The number of rotatable bonds is 5. The first-order chi connectivity index (χ1) is 12.0. The lowest BCUT2D eigenvalue weighted by Gasteiger charge is -2.33. The Morgan fingerprint density at radius 2 is 2.16 bits per heavy atom. The van der Waals surface area contributed by atoms with E-state index in [1.807, 2.05) is 13.8 Å². The van der Waals surface area contributed by atoms with Crippen LogP contribution in [-0.2, 0) is 4.74 Å². The number of hydrogen-bond acceptors (Lipinski definition) is 7. The van der Waals surface area contributed by atoms with Crippen molar-refractivity contribution in [3.05, 3.63) is 10.6 Å². The van der Waals surface area contributed by atoms with Gasteiger partial charge in [-0.1, -0.05) is 11.3 Å². The number of nitrogens with zero attached hydrogens (tertiary/aromatic N) is 3. The van der Waals surface area contributed by atoms with Crippen LogP contribution >= 0.6 is 11.3 Å². The lowest BCUT2D eigenvalue weighted by molar-refractivity contribution is -0.0524. The first kappa shape index (κ1) is 18.6. The van der Waals surface area contributed by atoms with Gasteiger partial charge >= 0.3 is 0 Å². The predicted octanol–water partition coefficient (Wildman–Crippen LogP) is 1.18. The molecule has 7 nitrogen and oxygen atoms in total. The van der Waals surface area contributed by atoms with Crippen LogP contribution in [0, 0.1) is 6.92 Å². The molecule has 1 amide bonds. The minimum atomic E-state index is -1.01. The molecule has 1 aromatic rings. The van der Waals surface area contributed by atoms with E-state index in [1.54, 1.807) is 4.90 Å². The molecule has 0 aliphatic carbocycles. The summed E-state index contributed by atoms with van der Waals surface area (Å²) in [6, 6.07) is 0. The number of nitrogens with one attached hydrogen (secondary N) is 1. The van der Waals surface area contributed by atoms with Crippen molar-refractivity contribution in [3.63, 3.8) is 0 Å². The molecule has 3 rings (SSSR count). The molecule has 25 heavy (non-hydrogen) atoms. The second-order valence-electron chi connectivity index (χ2n) is 6.95. The molecule has 2 fully saturated rings. The van der Waals surface area contributed by atoms with Gasteiger partial charge in [0.1, 0.15) is 10.5 Å². The van der Waals surface area contributed by atoms with E-state index in [4.69, 9.17) is 4.74 Å².